The number of hydrogen-bond acceptors (Lipinski definition) is 4. The molecular weight excluding hydrogens is 435 g/mol. The molecule has 1 N–H and O–H groups in total. The third-order valence-electron chi connectivity index (χ3n) is 5.76. The van der Waals surface area contributed by atoms with Crippen molar-refractivity contribution in [2.24, 2.45) is 0 Å². The molecule has 1 aromatic carbocycles. The van der Waals surface area contributed by atoms with Crippen LogP contribution in [-0.2, 0) is 30.6 Å². The summed E-state index contributed by atoms with van der Waals surface area (Å²) in [6.45, 7) is 3.87. The molecule has 33 heavy (non-hydrogen) atoms. The monoisotopic (exact) mass is 459 g/mol. The predicted octanol–water partition coefficient (Wildman–Crippen LogP) is 3.32. The van der Waals surface area contributed by atoms with E-state index in [0.717, 1.165) is 41.4 Å². The number of aromatic nitrogens is 4. The van der Waals surface area contributed by atoms with Gasteiger partial charge in [-0.1, -0.05) is 30.3 Å². The van der Waals surface area contributed by atoms with Gasteiger partial charge >= 0.3 is 6.18 Å². The first-order valence-electron chi connectivity index (χ1n) is 10.7. The molecule has 1 fully saturated rings. The second-order valence-corrected chi connectivity index (χ2v) is 8.29. The number of halogens is 3. The van der Waals surface area contributed by atoms with Crippen molar-refractivity contribution in [3.05, 3.63) is 80.5 Å². The lowest BCUT2D eigenvalue weighted by molar-refractivity contribution is -0.139. The van der Waals surface area contributed by atoms with Crippen molar-refractivity contribution in [3.8, 4) is 0 Å². The molecule has 2 aromatic heterocycles. The van der Waals surface area contributed by atoms with E-state index >= 15 is 0 Å². The Bertz CT molecular complexity index is 1230. The van der Waals surface area contributed by atoms with E-state index in [0.29, 0.717) is 11.2 Å². The zero-order valence-corrected chi connectivity index (χ0v) is 18.3. The number of alkyl halides is 3. The highest BCUT2D eigenvalue weighted by atomic mass is 19.4. The smallest absolute Gasteiger partial charge is 0.350 e. The molecule has 10 heteroatoms. The highest BCUT2D eigenvalue weighted by Gasteiger charge is 2.37. The number of carbonyl (C=O) groups excluding carboxylic acids is 1. The Morgan fingerprint density at radius 3 is 2.45 bits per heavy atom. The van der Waals surface area contributed by atoms with E-state index in [1.165, 1.54) is 0 Å². The summed E-state index contributed by atoms with van der Waals surface area (Å²) < 4.78 is 42.3. The molecule has 4 rings (SSSR count). The first-order chi connectivity index (χ1) is 15.6. The summed E-state index contributed by atoms with van der Waals surface area (Å²) in [5.41, 5.74) is 1.12. The molecular formula is C23H24F3N5O2. The van der Waals surface area contributed by atoms with E-state index in [9.17, 15) is 22.8 Å². The summed E-state index contributed by atoms with van der Waals surface area (Å²) in [7, 11) is 0. The molecule has 0 radical (unpaired) electrons. The first kappa shape index (κ1) is 22.8. The number of carbonyl (C=O) groups is 1. The molecule has 2 heterocycles. The van der Waals surface area contributed by atoms with Crippen molar-refractivity contribution in [1.29, 1.82) is 0 Å². The molecule has 0 unspecified atom stereocenters. The van der Waals surface area contributed by atoms with Gasteiger partial charge < -0.3 is 5.32 Å². The Hall–Kier alpha value is -3.43. The predicted molar refractivity (Wildman–Crippen MR) is 115 cm³/mol. The Labute approximate surface area is 188 Å². The highest BCUT2D eigenvalue weighted by Crippen LogP contribution is 2.40. The van der Waals surface area contributed by atoms with E-state index in [2.05, 4.69) is 15.5 Å². The maximum Gasteiger partial charge on any atom is 0.421 e. The van der Waals surface area contributed by atoms with Crippen LogP contribution in [0.25, 0.3) is 0 Å². The van der Waals surface area contributed by atoms with E-state index in [-0.39, 0.29) is 18.2 Å². The van der Waals surface area contributed by atoms with Crippen LogP contribution in [0.3, 0.4) is 0 Å². The fourth-order valence-electron chi connectivity index (χ4n) is 3.73. The molecule has 0 saturated heterocycles. The Kier molecular flexibility index (Phi) is 6.09. The van der Waals surface area contributed by atoms with Gasteiger partial charge in [-0.05, 0) is 38.3 Å². The van der Waals surface area contributed by atoms with Crippen molar-refractivity contribution in [1.82, 2.24) is 24.9 Å². The standard InChI is InChI=1S/C23H24F3N5O2/c1-14-18(15(2)30(28-14)12-16-6-4-3-5-7-16)11-27-21(32)13-31-22(33)19(23(24,25)26)10-20(29-31)17-8-9-17/h3-7,10,17H,8-9,11-13H2,1-2H3,(H,27,32). The molecule has 0 bridgehead atoms. The van der Waals surface area contributed by atoms with Crippen LogP contribution in [0.5, 0.6) is 0 Å². The topological polar surface area (TPSA) is 81.8 Å². The van der Waals surface area contributed by atoms with E-state index in [4.69, 9.17) is 0 Å². The van der Waals surface area contributed by atoms with Gasteiger partial charge in [-0.3, -0.25) is 14.3 Å². The molecule has 0 aliphatic heterocycles. The zero-order valence-electron chi connectivity index (χ0n) is 18.3. The normalized spacial score (nSPS) is 13.8. The van der Waals surface area contributed by atoms with Crippen LogP contribution >= 0.6 is 0 Å². The van der Waals surface area contributed by atoms with Gasteiger partial charge in [0.15, 0.2) is 0 Å². The number of amides is 1. The summed E-state index contributed by atoms with van der Waals surface area (Å²) in [6, 6.07) is 10.6. The molecule has 7 nitrogen and oxygen atoms in total. The van der Waals surface area contributed by atoms with Crippen molar-refractivity contribution in [3.63, 3.8) is 0 Å². The minimum Gasteiger partial charge on any atom is -0.350 e. The average molecular weight is 459 g/mol. The van der Waals surface area contributed by atoms with Gasteiger partial charge in [-0.25, -0.2) is 4.68 Å². The molecule has 1 amide bonds. The van der Waals surface area contributed by atoms with E-state index in [1.54, 1.807) is 0 Å². The van der Waals surface area contributed by atoms with Crippen LogP contribution in [0, 0.1) is 13.8 Å². The highest BCUT2D eigenvalue weighted by molar-refractivity contribution is 5.75. The average Bonchev–Trinajstić information content (AvgIpc) is 3.56. The van der Waals surface area contributed by atoms with Gasteiger partial charge in [0, 0.05) is 23.7 Å². The van der Waals surface area contributed by atoms with Gasteiger partial charge in [0.1, 0.15) is 12.1 Å². The zero-order chi connectivity index (χ0) is 23.8. The second kappa shape index (κ2) is 8.84. The SMILES string of the molecule is Cc1nn(Cc2ccccc2)c(C)c1CNC(=O)Cn1nc(C2CC2)cc(C(F)(F)F)c1=O. The fraction of sp³-hybridized carbons (Fsp3) is 0.391. The molecule has 1 saturated carbocycles. The maximum atomic E-state index is 13.3. The first-order valence-corrected chi connectivity index (χ1v) is 10.7. The van der Waals surface area contributed by atoms with Gasteiger partial charge in [0.05, 0.1) is 17.9 Å². The summed E-state index contributed by atoms with van der Waals surface area (Å²) in [5.74, 6) is -0.693. The largest absolute Gasteiger partial charge is 0.421 e. The number of hydrogen-bond donors (Lipinski definition) is 1. The third-order valence-corrected chi connectivity index (χ3v) is 5.76. The van der Waals surface area contributed by atoms with Gasteiger partial charge in [0.2, 0.25) is 5.91 Å². The lowest BCUT2D eigenvalue weighted by atomic mass is 10.2. The number of rotatable bonds is 7. The van der Waals surface area contributed by atoms with Crippen molar-refractivity contribution < 1.29 is 18.0 Å². The molecule has 0 spiro atoms. The minimum absolute atomic E-state index is 0.0956. The quantitative estimate of drug-likeness (QED) is 0.588. The molecule has 0 atom stereocenters. The lowest BCUT2D eigenvalue weighted by Gasteiger charge is -2.12. The summed E-state index contributed by atoms with van der Waals surface area (Å²) >= 11 is 0. The molecule has 3 aromatic rings. The Morgan fingerprint density at radius 2 is 1.82 bits per heavy atom. The lowest BCUT2D eigenvalue weighted by Crippen LogP contribution is -2.37. The Balaban J connectivity index is 1.47. The van der Waals surface area contributed by atoms with Crippen molar-refractivity contribution in [2.45, 2.75) is 58.4 Å². The fourth-order valence-corrected chi connectivity index (χ4v) is 3.73. The van der Waals surface area contributed by atoms with E-state index in [1.807, 2.05) is 48.9 Å². The number of benzene rings is 1. The molecule has 1 aliphatic carbocycles. The van der Waals surface area contributed by atoms with Crippen LogP contribution in [0.4, 0.5) is 13.2 Å². The third kappa shape index (κ3) is 5.15. The summed E-state index contributed by atoms with van der Waals surface area (Å²) in [5, 5.41) is 11.2. The van der Waals surface area contributed by atoms with Crippen LogP contribution in [0.15, 0.2) is 41.2 Å². The number of nitrogens with zero attached hydrogens (tertiary/aromatic N) is 4. The van der Waals surface area contributed by atoms with Crippen LogP contribution < -0.4 is 10.9 Å². The van der Waals surface area contributed by atoms with Crippen LogP contribution in [0.2, 0.25) is 0 Å². The van der Waals surface area contributed by atoms with Gasteiger partial charge in [0.25, 0.3) is 5.56 Å². The molecule has 174 valence electrons. The second-order valence-electron chi connectivity index (χ2n) is 8.29. The van der Waals surface area contributed by atoms with E-state index < -0.39 is 29.8 Å². The van der Waals surface area contributed by atoms with Crippen molar-refractivity contribution in [2.75, 3.05) is 0 Å². The van der Waals surface area contributed by atoms with Gasteiger partial charge in [-0.15, -0.1) is 0 Å². The van der Waals surface area contributed by atoms with Crippen molar-refractivity contribution >= 4 is 5.91 Å². The number of aryl methyl sites for hydroxylation is 1. The minimum atomic E-state index is -4.80. The number of nitrogens with one attached hydrogen (secondary N) is 1. The summed E-state index contributed by atoms with van der Waals surface area (Å²) in [4.78, 5) is 24.8. The maximum absolute atomic E-state index is 13.3. The van der Waals surface area contributed by atoms with Crippen LogP contribution in [-0.4, -0.2) is 25.5 Å². The summed E-state index contributed by atoms with van der Waals surface area (Å²) in [6.07, 6.45) is -3.36. The Morgan fingerprint density at radius 1 is 1.12 bits per heavy atom. The molecule has 1 aliphatic rings. The van der Waals surface area contributed by atoms with Gasteiger partial charge in [-0.2, -0.15) is 23.4 Å². The van der Waals surface area contributed by atoms with Crippen LogP contribution in [0.1, 0.15) is 52.5 Å².